The van der Waals surface area contributed by atoms with Crippen LogP contribution < -0.4 is 10.1 Å². The summed E-state index contributed by atoms with van der Waals surface area (Å²) in [4.78, 5) is 15.5. The number of aromatic carboxylic acids is 1. The molecule has 0 spiro atoms. The van der Waals surface area contributed by atoms with E-state index < -0.39 is 5.97 Å². The lowest BCUT2D eigenvalue weighted by Gasteiger charge is -2.03. The number of methoxy groups -OCH3 is 1. The Morgan fingerprint density at radius 1 is 1.56 bits per heavy atom. The van der Waals surface area contributed by atoms with Crippen LogP contribution in [-0.2, 0) is 0 Å². The molecule has 0 radical (unpaired) electrons. The molecule has 0 bridgehead atoms. The van der Waals surface area contributed by atoms with Crippen LogP contribution >= 0.6 is 11.3 Å². The number of fused-ring (bicyclic) bond motifs is 1. The van der Waals surface area contributed by atoms with Gasteiger partial charge in [-0.3, -0.25) is 0 Å². The van der Waals surface area contributed by atoms with E-state index in [2.05, 4.69) is 17.2 Å². The Kier molecular flexibility index (Phi) is 3.66. The first-order valence-corrected chi connectivity index (χ1v) is 6.43. The van der Waals surface area contributed by atoms with E-state index in [-0.39, 0.29) is 5.56 Å². The topological polar surface area (TPSA) is 71.5 Å². The standard InChI is InChI=1S/C12H14N2O3S/c1-3-4-13-12-14-8-6-9(17-2)7(11(15)16)5-10(8)18-12/h5-6H,3-4H2,1-2H3,(H,13,14)(H,15,16). The van der Waals surface area contributed by atoms with Gasteiger partial charge in [0.15, 0.2) is 5.13 Å². The first-order valence-electron chi connectivity index (χ1n) is 5.61. The van der Waals surface area contributed by atoms with E-state index in [4.69, 9.17) is 9.84 Å². The number of anilines is 1. The monoisotopic (exact) mass is 266 g/mol. The SMILES string of the molecule is CCCNc1nc2cc(OC)c(C(=O)O)cc2s1. The van der Waals surface area contributed by atoms with Crippen molar-refractivity contribution < 1.29 is 14.6 Å². The van der Waals surface area contributed by atoms with Crippen molar-refractivity contribution in [3.63, 3.8) is 0 Å². The zero-order chi connectivity index (χ0) is 13.1. The Morgan fingerprint density at radius 2 is 2.33 bits per heavy atom. The number of nitrogens with one attached hydrogen (secondary N) is 1. The highest BCUT2D eigenvalue weighted by Gasteiger charge is 2.14. The van der Waals surface area contributed by atoms with Crippen molar-refractivity contribution in [2.45, 2.75) is 13.3 Å². The van der Waals surface area contributed by atoms with Gasteiger partial charge in [-0.15, -0.1) is 0 Å². The van der Waals surface area contributed by atoms with Crippen molar-refractivity contribution in [2.24, 2.45) is 0 Å². The van der Waals surface area contributed by atoms with E-state index in [1.807, 2.05) is 0 Å². The molecule has 2 N–H and O–H groups in total. The minimum absolute atomic E-state index is 0.163. The molecule has 6 heteroatoms. The minimum Gasteiger partial charge on any atom is -0.496 e. The molecule has 0 aliphatic rings. The summed E-state index contributed by atoms with van der Waals surface area (Å²) < 4.78 is 5.91. The number of carboxylic acids is 1. The Labute approximate surface area is 108 Å². The Bertz CT molecular complexity index is 580. The number of rotatable bonds is 5. The van der Waals surface area contributed by atoms with E-state index in [9.17, 15) is 4.79 Å². The fourth-order valence-electron chi connectivity index (χ4n) is 1.60. The van der Waals surface area contributed by atoms with Gasteiger partial charge in [-0.05, 0) is 12.5 Å². The third kappa shape index (κ3) is 2.38. The van der Waals surface area contributed by atoms with E-state index in [1.165, 1.54) is 18.4 Å². The van der Waals surface area contributed by atoms with Gasteiger partial charge in [0.25, 0.3) is 0 Å². The maximum atomic E-state index is 11.1. The van der Waals surface area contributed by atoms with Gasteiger partial charge < -0.3 is 15.2 Å². The summed E-state index contributed by atoms with van der Waals surface area (Å²) in [7, 11) is 1.45. The molecule has 1 aromatic heterocycles. The van der Waals surface area contributed by atoms with Gasteiger partial charge >= 0.3 is 5.97 Å². The van der Waals surface area contributed by atoms with Gasteiger partial charge in [0.1, 0.15) is 11.3 Å². The number of hydrogen-bond donors (Lipinski definition) is 2. The van der Waals surface area contributed by atoms with E-state index >= 15 is 0 Å². The zero-order valence-corrected chi connectivity index (χ0v) is 11.0. The average molecular weight is 266 g/mol. The maximum absolute atomic E-state index is 11.1. The smallest absolute Gasteiger partial charge is 0.339 e. The van der Waals surface area contributed by atoms with Gasteiger partial charge in [-0.1, -0.05) is 18.3 Å². The quantitative estimate of drug-likeness (QED) is 0.870. The minimum atomic E-state index is -0.995. The van der Waals surface area contributed by atoms with Crippen molar-refractivity contribution in [1.29, 1.82) is 0 Å². The van der Waals surface area contributed by atoms with Crippen LogP contribution in [0, 0.1) is 0 Å². The molecule has 1 aromatic carbocycles. The van der Waals surface area contributed by atoms with Crippen LogP contribution in [0.15, 0.2) is 12.1 Å². The van der Waals surface area contributed by atoms with Crippen LogP contribution in [0.4, 0.5) is 5.13 Å². The Hall–Kier alpha value is -1.82. The number of benzene rings is 1. The summed E-state index contributed by atoms with van der Waals surface area (Å²) in [5.74, 6) is -0.660. The van der Waals surface area contributed by atoms with Gasteiger partial charge in [-0.2, -0.15) is 0 Å². The second-order valence-corrected chi connectivity index (χ2v) is 4.80. The van der Waals surface area contributed by atoms with E-state index in [1.54, 1.807) is 12.1 Å². The normalized spacial score (nSPS) is 10.6. The van der Waals surface area contributed by atoms with Gasteiger partial charge in [0.2, 0.25) is 0 Å². The van der Waals surface area contributed by atoms with Crippen molar-refractivity contribution in [3.8, 4) is 5.75 Å². The molecule has 0 saturated carbocycles. The summed E-state index contributed by atoms with van der Waals surface area (Å²) in [5, 5.41) is 13.1. The van der Waals surface area contributed by atoms with Gasteiger partial charge in [0.05, 0.1) is 17.3 Å². The fraction of sp³-hybridized carbons (Fsp3) is 0.333. The number of thiazole rings is 1. The first kappa shape index (κ1) is 12.6. The van der Waals surface area contributed by atoms with Crippen LogP contribution in [0.2, 0.25) is 0 Å². The maximum Gasteiger partial charge on any atom is 0.339 e. The van der Waals surface area contributed by atoms with E-state index in [0.717, 1.165) is 28.3 Å². The summed E-state index contributed by atoms with van der Waals surface area (Å²) in [6.45, 7) is 2.93. The average Bonchev–Trinajstić information content (AvgIpc) is 2.76. The summed E-state index contributed by atoms with van der Waals surface area (Å²) in [5.41, 5.74) is 0.913. The molecular weight excluding hydrogens is 252 g/mol. The molecule has 0 fully saturated rings. The molecular formula is C12H14N2O3S. The summed E-state index contributed by atoms with van der Waals surface area (Å²) in [6.07, 6.45) is 1.01. The Morgan fingerprint density at radius 3 is 2.94 bits per heavy atom. The van der Waals surface area contributed by atoms with Crippen molar-refractivity contribution in [2.75, 3.05) is 19.0 Å². The van der Waals surface area contributed by atoms with Gasteiger partial charge in [0, 0.05) is 12.6 Å². The predicted octanol–water partition coefficient (Wildman–Crippen LogP) is 2.83. The molecule has 0 amide bonds. The Balaban J connectivity index is 2.46. The van der Waals surface area contributed by atoms with E-state index in [0.29, 0.717) is 5.75 Å². The molecule has 18 heavy (non-hydrogen) atoms. The number of carbonyl (C=O) groups is 1. The van der Waals surface area contributed by atoms with Crippen LogP contribution in [-0.4, -0.2) is 29.7 Å². The van der Waals surface area contributed by atoms with Crippen LogP contribution in [0.25, 0.3) is 10.2 Å². The number of nitrogens with zero attached hydrogens (tertiary/aromatic N) is 1. The van der Waals surface area contributed by atoms with Gasteiger partial charge in [-0.25, -0.2) is 9.78 Å². The number of ether oxygens (including phenoxy) is 1. The number of aromatic nitrogens is 1. The third-order valence-corrected chi connectivity index (χ3v) is 3.44. The number of hydrogen-bond acceptors (Lipinski definition) is 5. The molecule has 0 aliphatic carbocycles. The fourth-order valence-corrected chi connectivity index (χ4v) is 2.51. The molecule has 0 atom stereocenters. The van der Waals surface area contributed by atoms with Crippen molar-refractivity contribution in [3.05, 3.63) is 17.7 Å². The lowest BCUT2D eigenvalue weighted by Crippen LogP contribution is -2.00. The molecule has 0 aliphatic heterocycles. The highest BCUT2D eigenvalue weighted by atomic mass is 32.1. The lowest BCUT2D eigenvalue weighted by atomic mass is 10.2. The highest BCUT2D eigenvalue weighted by molar-refractivity contribution is 7.22. The third-order valence-electron chi connectivity index (χ3n) is 2.47. The molecule has 2 aromatic rings. The van der Waals surface area contributed by atoms with Crippen LogP contribution in [0.3, 0.4) is 0 Å². The molecule has 2 rings (SSSR count). The van der Waals surface area contributed by atoms with Crippen LogP contribution in [0.5, 0.6) is 5.75 Å². The lowest BCUT2D eigenvalue weighted by molar-refractivity contribution is 0.0693. The molecule has 1 heterocycles. The summed E-state index contributed by atoms with van der Waals surface area (Å²) in [6, 6.07) is 3.26. The van der Waals surface area contributed by atoms with Crippen molar-refractivity contribution >= 4 is 32.7 Å². The molecule has 5 nitrogen and oxygen atoms in total. The molecule has 0 saturated heterocycles. The summed E-state index contributed by atoms with van der Waals surface area (Å²) >= 11 is 1.45. The zero-order valence-electron chi connectivity index (χ0n) is 10.2. The second kappa shape index (κ2) is 5.22. The highest BCUT2D eigenvalue weighted by Crippen LogP contribution is 2.31. The second-order valence-electron chi connectivity index (χ2n) is 3.77. The number of carboxylic acid groups (broad SMARTS) is 1. The first-order chi connectivity index (χ1) is 8.65. The predicted molar refractivity (Wildman–Crippen MR) is 71.9 cm³/mol. The molecule has 96 valence electrons. The van der Waals surface area contributed by atoms with Crippen LogP contribution in [0.1, 0.15) is 23.7 Å². The van der Waals surface area contributed by atoms with Crippen molar-refractivity contribution in [1.82, 2.24) is 4.98 Å². The largest absolute Gasteiger partial charge is 0.496 e. The molecule has 0 unspecified atom stereocenters.